The lowest BCUT2D eigenvalue weighted by Crippen LogP contribution is -2.53. The third-order valence-corrected chi connectivity index (χ3v) is 4.15. The highest BCUT2D eigenvalue weighted by Gasteiger charge is 2.27. The highest BCUT2D eigenvalue weighted by molar-refractivity contribution is 5.92. The van der Waals surface area contributed by atoms with E-state index in [1.165, 1.54) is 16.8 Å². The molecule has 1 aromatic carbocycles. The number of hydrogen-bond donors (Lipinski definition) is 1. The first-order valence-electron chi connectivity index (χ1n) is 7.86. The van der Waals surface area contributed by atoms with Crippen LogP contribution >= 0.6 is 12.4 Å². The highest BCUT2D eigenvalue weighted by atomic mass is 35.5. The summed E-state index contributed by atoms with van der Waals surface area (Å²) in [6.07, 6.45) is 0. The van der Waals surface area contributed by atoms with Gasteiger partial charge in [0.15, 0.2) is 5.69 Å². The largest absolute Gasteiger partial charge is 0.332 e. The minimum absolute atomic E-state index is 0. The molecule has 1 saturated heterocycles. The lowest BCUT2D eigenvalue weighted by atomic mass is 10.2. The minimum atomic E-state index is -0.467. The zero-order chi connectivity index (χ0) is 17.3. The van der Waals surface area contributed by atoms with E-state index in [0.717, 1.165) is 0 Å². The van der Waals surface area contributed by atoms with Gasteiger partial charge in [-0.05, 0) is 26.0 Å². The molecule has 8 heteroatoms. The number of halogens is 2. The number of para-hydroxylation sites is 1. The van der Waals surface area contributed by atoms with Gasteiger partial charge in [-0.3, -0.25) is 9.59 Å². The second-order valence-corrected chi connectivity index (χ2v) is 5.91. The molecule has 1 aliphatic heterocycles. The Balaban J connectivity index is 0.00000225. The predicted octanol–water partition coefficient (Wildman–Crippen LogP) is 1.54. The summed E-state index contributed by atoms with van der Waals surface area (Å²) >= 11 is 0. The van der Waals surface area contributed by atoms with Crippen LogP contribution in [0.15, 0.2) is 35.1 Å². The quantitative estimate of drug-likeness (QED) is 0.875. The van der Waals surface area contributed by atoms with Crippen molar-refractivity contribution in [3.63, 3.8) is 0 Å². The van der Waals surface area contributed by atoms with Gasteiger partial charge < -0.3 is 10.2 Å². The number of amides is 1. The van der Waals surface area contributed by atoms with Gasteiger partial charge in [-0.1, -0.05) is 12.1 Å². The van der Waals surface area contributed by atoms with Gasteiger partial charge >= 0.3 is 0 Å². The van der Waals surface area contributed by atoms with E-state index >= 15 is 0 Å². The highest BCUT2D eigenvalue weighted by Crippen LogP contribution is 2.14. The van der Waals surface area contributed by atoms with Crippen LogP contribution in [0.3, 0.4) is 0 Å². The monoisotopic (exact) mass is 366 g/mol. The van der Waals surface area contributed by atoms with E-state index in [2.05, 4.69) is 10.4 Å². The molecule has 0 spiro atoms. The second kappa shape index (κ2) is 7.76. The first-order valence-corrected chi connectivity index (χ1v) is 7.86. The molecule has 6 nitrogen and oxygen atoms in total. The van der Waals surface area contributed by atoms with Crippen LogP contribution in [-0.2, 0) is 0 Å². The smallest absolute Gasteiger partial charge is 0.278 e. The number of nitrogens with one attached hydrogen (secondary N) is 1. The van der Waals surface area contributed by atoms with Gasteiger partial charge in [-0.25, -0.2) is 9.07 Å². The van der Waals surface area contributed by atoms with Crippen LogP contribution in [-0.4, -0.2) is 46.3 Å². The number of piperazine rings is 1. The topological polar surface area (TPSA) is 67.2 Å². The summed E-state index contributed by atoms with van der Waals surface area (Å²) in [5.74, 6) is -0.884. The molecule has 1 N–H and O–H groups in total. The summed E-state index contributed by atoms with van der Waals surface area (Å²) in [5.41, 5.74) is 0.0424. The molecule has 1 aliphatic rings. The van der Waals surface area contributed by atoms with Crippen LogP contribution in [0.1, 0.15) is 23.1 Å². The normalized spacial score (nSPS) is 17.1. The van der Waals surface area contributed by atoms with Crippen molar-refractivity contribution in [2.75, 3.05) is 19.6 Å². The molecule has 2 aromatic rings. The molecule has 0 saturated carbocycles. The van der Waals surface area contributed by atoms with E-state index in [4.69, 9.17) is 0 Å². The summed E-state index contributed by atoms with van der Waals surface area (Å²) in [5, 5.41) is 7.36. The zero-order valence-corrected chi connectivity index (χ0v) is 14.8. The number of benzene rings is 1. The molecule has 134 valence electrons. The SMILES string of the molecule is Cc1cc(=O)c(C(=O)N2CCNC[C@@H]2C)nn1-c1ccccc1F.Cl. The van der Waals surface area contributed by atoms with Crippen molar-refractivity contribution in [1.82, 2.24) is 20.0 Å². The molecule has 0 bridgehead atoms. The first-order chi connectivity index (χ1) is 11.5. The van der Waals surface area contributed by atoms with E-state index in [9.17, 15) is 14.0 Å². The molecule has 1 amide bonds. The molecule has 1 atom stereocenters. The Bertz CT molecular complexity index is 840. The molecule has 0 radical (unpaired) electrons. The average Bonchev–Trinajstić information content (AvgIpc) is 2.56. The third kappa shape index (κ3) is 3.72. The van der Waals surface area contributed by atoms with Crippen LogP contribution in [0.5, 0.6) is 0 Å². The lowest BCUT2D eigenvalue weighted by Gasteiger charge is -2.33. The van der Waals surface area contributed by atoms with E-state index in [-0.39, 0.29) is 29.8 Å². The fraction of sp³-hybridized carbons (Fsp3) is 0.353. The summed E-state index contributed by atoms with van der Waals surface area (Å²) in [6.45, 7) is 5.41. The molecule has 1 fully saturated rings. The predicted molar refractivity (Wildman–Crippen MR) is 95.1 cm³/mol. The fourth-order valence-electron chi connectivity index (χ4n) is 2.84. The van der Waals surface area contributed by atoms with E-state index in [0.29, 0.717) is 25.3 Å². The number of hydrogen-bond acceptors (Lipinski definition) is 4. The van der Waals surface area contributed by atoms with Gasteiger partial charge in [0.25, 0.3) is 5.91 Å². The molecule has 3 rings (SSSR count). The molecule has 2 heterocycles. The van der Waals surface area contributed by atoms with Crippen LogP contribution in [0.4, 0.5) is 4.39 Å². The van der Waals surface area contributed by atoms with Gasteiger partial charge in [-0.2, -0.15) is 5.10 Å². The Morgan fingerprint density at radius 3 is 2.76 bits per heavy atom. The van der Waals surface area contributed by atoms with Crippen molar-refractivity contribution in [1.29, 1.82) is 0 Å². The van der Waals surface area contributed by atoms with Crippen molar-refractivity contribution < 1.29 is 9.18 Å². The van der Waals surface area contributed by atoms with E-state index in [1.807, 2.05) is 6.92 Å². The van der Waals surface area contributed by atoms with Crippen molar-refractivity contribution in [3.8, 4) is 5.69 Å². The van der Waals surface area contributed by atoms with Gasteiger partial charge in [0, 0.05) is 37.4 Å². The lowest BCUT2D eigenvalue weighted by molar-refractivity contribution is 0.0646. The van der Waals surface area contributed by atoms with Crippen LogP contribution < -0.4 is 10.7 Å². The molecular formula is C17H20ClFN4O2. The molecular weight excluding hydrogens is 347 g/mol. The standard InChI is InChI=1S/C17H19FN4O2.ClH/c1-11-9-15(23)16(17(24)21-8-7-19-10-12(21)2)20-22(11)14-6-4-3-5-13(14)18;/h3-6,9,12,19H,7-8,10H2,1-2H3;1H/t12-;/m0./s1. The maximum Gasteiger partial charge on any atom is 0.278 e. The zero-order valence-electron chi connectivity index (χ0n) is 14.0. The summed E-state index contributed by atoms with van der Waals surface area (Å²) in [6, 6.07) is 7.41. The summed E-state index contributed by atoms with van der Waals surface area (Å²) in [4.78, 5) is 26.6. The Hall–Kier alpha value is -2.25. The van der Waals surface area contributed by atoms with Crippen molar-refractivity contribution in [2.45, 2.75) is 19.9 Å². The molecule has 1 aromatic heterocycles. The van der Waals surface area contributed by atoms with Crippen LogP contribution in [0, 0.1) is 12.7 Å². The molecule has 25 heavy (non-hydrogen) atoms. The van der Waals surface area contributed by atoms with E-state index in [1.54, 1.807) is 30.0 Å². The summed E-state index contributed by atoms with van der Waals surface area (Å²) < 4.78 is 15.4. The van der Waals surface area contributed by atoms with Gasteiger partial charge in [0.2, 0.25) is 5.43 Å². The number of rotatable bonds is 2. The Labute approximate surface area is 151 Å². The Kier molecular flexibility index (Phi) is 5.92. The maximum atomic E-state index is 14.1. The third-order valence-electron chi connectivity index (χ3n) is 4.15. The molecule has 0 aliphatic carbocycles. The van der Waals surface area contributed by atoms with Crippen LogP contribution in [0.2, 0.25) is 0 Å². The number of carbonyl (C=O) groups excluding carboxylic acids is 1. The second-order valence-electron chi connectivity index (χ2n) is 5.91. The maximum absolute atomic E-state index is 14.1. The average molecular weight is 367 g/mol. The fourth-order valence-corrected chi connectivity index (χ4v) is 2.84. The Morgan fingerprint density at radius 1 is 1.36 bits per heavy atom. The minimum Gasteiger partial charge on any atom is -0.332 e. The number of aromatic nitrogens is 2. The van der Waals surface area contributed by atoms with Gasteiger partial charge in [0.1, 0.15) is 11.5 Å². The van der Waals surface area contributed by atoms with Crippen molar-refractivity contribution >= 4 is 18.3 Å². The number of carbonyl (C=O) groups is 1. The number of nitrogens with zero attached hydrogens (tertiary/aromatic N) is 3. The number of aryl methyl sites for hydroxylation is 1. The molecule has 0 unspecified atom stereocenters. The first kappa shape index (κ1) is 19.1. The van der Waals surface area contributed by atoms with Crippen LogP contribution in [0.25, 0.3) is 5.69 Å². The van der Waals surface area contributed by atoms with Crippen molar-refractivity contribution in [3.05, 3.63) is 57.8 Å². The van der Waals surface area contributed by atoms with Gasteiger partial charge in [-0.15, -0.1) is 12.4 Å². The van der Waals surface area contributed by atoms with Crippen molar-refractivity contribution in [2.24, 2.45) is 0 Å². The van der Waals surface area contributed by atoms with E-state index < -0.39 is 17.2 Å². The van der Waals surface area contributed by atoms with Gasteiger partial charge in [0.05, 0.1) is 0 Å². The summed E-state index contributed by atoms with van der Waals surface area (Å²) in [7, 11) is 0. The Morgan fingerprint density at radius 2 is 2.08 bits per heavy atom.